The Hall–Kier alpha value is -1.90. The highest BCUT2D eigenvalue weighted by atomic mass is 16.2. The Morgan fingerprint density at radius 1 is 0.656 bits per heavy atom. The molecule has 1 aromatic rings. The zero-order valence-electron chi connectivity index (χ0n) is 22.3. The molecule has 176 valence electrons. The van der Waals surface area contributed by atoms with Crippen molar-refractivity contribution in [2.24, 2.45) is 27.1 Å². The van der Waals surface area contributed by atoms with Crippen molar-refractivity contribution in [3.05, 3.63) is 47.5 Å². The minimum Gasteiger partial charge on any atom is -0.269 e. The van der Waals surface area contributed by atoms with Crippen LogP contribution in [0.5, 0.6) is 0 Å². The number of carbonyl (C=O) groups is 2. The van der Waals surface area contributed by atoms with E-state index in [4.69, 9.17) is 0 Å². The maximum atomic E-state index is 13.3. The smallest absolute Gasteiger partial charge is 0.254 e. The molecule has 0 unspecified atom stereocenters. The summed E-state index contributed by atoms with van der Waals surface area (Å²) in [5.74, 6) is -0.405. The summed E-state index contributed by atoms with van der Waals surface area (Å²) in [6.45, 7) is 27.9. The predicted molar refractivity (Wildman–Crippen MR) is 132 cm³/mol. The van der Waals surface area contributed by atoms with Gasteiger partial charge >= 0.3 is 0 Å². The van der Waals surface area contributed by atoms with Crippen LogP contribution in [0.3, 0.4) is 0 Å². The third-order valence-electron chi connectivity index (χ3n) is 8.38. The number of nitrogens with zero attached hydrogens (tertiary/aromatic N) is 1. The average molecular weight is 438 g/mol. The topological polar surface area (TPSA) is 37.4 Å². The van der Waals surface area contributed by atoms with Gasteiger partial charge in [0.05, 0.1) is 6.04 Å². The van der Waals surface area contributed by atoms with E-state index in [0.29, 0.717) is 0 Å². The third kappa shape index (κ3) is 2.72. The zero-order valence-corrected chi connectivity index (χ0v) is 22.3. The van der Waals surface area contributed by atoms with E-state index in [0.717, 1.165) is 5.56 Å². The second-order valence-electron chi connectivity index (χ2n) is 13.9. The molecule has 0 fully saturated rings. The highest BCUT2D eigenvalue weighted by molar-refractivity contribution is 6.13. The fourth-order valence-electron chi connectivity index (χ4n) is 8.91. The molecule has 0 bridgehead atoms. The van der Waals surface area contributed by atoms with Crippen molar-refractivity contribution in [3.63, 3.8) is 0 Å². The van der Waals surface area contributed by atoms with E-state index in [1.165, 1.54) is 17.7 Å². The monoisotopic (exact) mass is 437 g/mol. The summed E-state index contributed by atoms with van der Waals surface area (Å²) in [6, 6.07) is 8.24. The normalized spacial score (nSPS) is 23.1. The van der Waals surface area contributed by atoms with E-state index in [-0.39, 0.29) is 44.9 Å². The zero-order chi connectivity index (χ0) is 24.7. The molecular formula is C29H43NO2. The van der Waals surface area contributed by atoms with Crippen molar-refractivity contribution >= 4 is 11.8 Å². The van der Waals surface area contributed by atoms with E-state index < -0.39 is 5.41 Å². The van der Waals surface area contributed by atoms with Crippen LogP contribution in [-0.4, -0.2) is 16.7 Å². The van der Waals surface area contributed by atoms with Gasteiger partial charge in [-0.15, -0.1) is 0 Å². The lowest BCUT2D eigenvalue weighted by Crippen LogP contribution is -2.70. The summed E-state index contributed by atoms with van der Waals surface area (Å²) >= 11 is 0. The molecule has 3 rings (SSSR count). The van der Waals surface area contributed by atoms with Gasteiger partial charge in [-0.25, -0.2) is 0 Å². The van der Waals surface area contributed by atoms with Gasteiger partial charge in [0.15, 0.2) is 0 Å². The van der Waals surface area contributed by atoms with Crippen LogP contribution >= 0.6 is 0 Å². The summed E-state index contributed by atoms with van der Waals surface area (Å²) in [6.07, 6.45) is 2.88. The lowest BCUT2D eigenvalue weighted by atomic mass is 9.33. The molecule has 0 aromatic heterocycles. The van der Waals surface area contributed by atoms with E-state index in [9.17, 15) is 9.59 Å². The Morgan fingerprint density at radius 3 is 1.44 bits per heavy atom. The molecule has 2 aliphatic rings. The summed E-state index contributed by atoms with van der Waals surface area (Å²) in [5.41, 5.74) is 0.816. The van der Waals surface area contributed by atoms with Crippen molar-refractivity contribution < 1.29 is 9.59 Å². The Labute approximate surface area is 195 Å². The van der Waals surface area contributed by atoms with Crippen LogP contribution in [-0.2, 0) is 15.0 Å². The van der Waals surface area contributed by atoms with Gasteiger partial charge in [-0.2, -0.15) is 0 Å². The summed E-state index contributed by atoms with van der Waals surface area (Å²) < 4.78 is 0. The largest absolute Gasteiger partial charge is 0.269 e. The Kier molecular flexibility index (Phi) is 5.26. The summed E-state index contributed by atoms with van der Waals surface area (Å²) in [5, 5.41) is 0. The predicted octanol–water partition coefficient (Wildman–Crippen LogP) is 7.07. The molecule has 3 nitrogen and oxygen atoms in total. The number of hydrogen-bond acceptors (Lipinski definition) is 2. The first-order chi connectivity index (χ1) is 14.3. The van der Waals surface area contributed by atoms with Crippen LogP contribution < -0.4 is 0 Å². The summed E-state index contributed by atoms with van der Waals surface area (Å²) in [7, 11) is 0. The average Bonchev–Trinajstić information content (AvgIpc) is 3.06. The molecule has 1 heterocycles. The van der Waals surface area contributed by atoms with Gasteiger partial charge < -0.3 is 0 Å². The van der Waals surface area contributed by atoms with Gasteiger partial charge in [-0.3, -0.25) is 14.5 Å². The second kappa shape index (κ2) is 6.81. The van der Waals surface area contributed by atoms with E-state index in [1.807, 2.05) is 0 Å². The van der Waals surface area contributed by atoms with Crippen LogP contribution in [0, 0.1) is 27.1 Å². The number of imide groups is 1. The molecule has 32 heavy (non-hydrogen) atoms. The molecule has 3 heteroatoms. The first-order valence-corrected chi connectivity index (χ1v) is 11.9. The molecular weight excluding hydrogens is 394 g/mol. The molecule has 1 atom stereocenters. The highest BCUT2D eigenvalue weighted by Crippen LogP contribution is 2.81. The standard InChI is InChI=1S/C29H43NO2/c1-24(2,3)28(25(4,5)6)20-16-14-13-15-19(20)23(30-21(31)17-18-22(30)32)29(28,26(7,8)9)27(10,11)12/h13-18,23H,1-12H3/t23-/m0/s1. The maximum absolute atomic E-state index is 13.3. The first-order valence-electron chi connectivity index (χ1n) is 11.9. The van der Waals surface area contributed by atoms with Crippen LogP contribution in [0.15, 0.2) is 36.4 Å². The van der Waals surface area contributed by atoms with Crippen LogP contribution in [0.1, 0.15) is 100 Å². The van der Waals surface area contributed by atoms with Gasteiger partial charge in [0, 0.05) is 23.0 Å². The molecule has 2 amide bonds. The maximum Gasteiger partial charge on any atom is 0.254 e. The second-order valence-corrected chi connectivity index (χ2v) is 13.9. The van der Waals surface area contributed by atoms with E-state index in [1.54, 1.807) is 4.90 Å². The molecule has 0 radical (unpaired) electrons. The molecule has 1 aliphatic carbocycles. The number of rotatable bonds is 1. The number of carbonyl (C=O) groups excluding carboxylic acids is 2. The molecule has 1 aliphatic heterocycles. The van der Waals surface area contributed by atoms with Gasteiger partial charge in [0.25, 0.3) is 11.8 Å². The SMILES string of the molecule is CC(C)(C)C1(C(C)(C)C)c2ccccc2[C@H](N2C(=O)C=CC2=O)C1(C(C)(C)C)C(C)(C)C. The molecule has 0 saturated carbocycles. The molecule has 0 N–H and O–H groups in total. The van der Waals surface area contributed by atoms with Gasteiger partial charge in [-0.1, -0.05) is 107 Å². The minimum absolute atomic E-state index is 0.157. The lowest BCUT2D eigenvalue weighted by Gasteiger charge is -2.71. The van der Waals surface area contributed by atoms with E-state index >= 15 is 0 Å². The lowest BCUT2D eigenvalue weighted by molar-refractivity contribution is -0.213. The number of benzene rings is 1. The minimum atomic E-state index is -0.454. The van der Waals surface area contributed by atoms with Crippen molar-refractivity contribution in [3.8, 4) is 0 Å². The number of fused-ring (bicyclic) bond motifs is 1. The molecule has 1 aromatic carbocycles. The fraction of sp³-hybridized carbons (Fsp3) is 0.655. The molecule has 0 saturated heterocycles. The van der Waals surface area contributed by atoms with Crippen molar-refractivity contribution in [1.29, 1.82) is 0 Å². The van der Waals surface area contributed by atoms with Crippen molar-refractivity contribution in [1.82, 2.24) is 4.90 Å². The number of amides is 2. The summed E-state index contributed by atoms with van der Waals surface area (Å²) in [4.78, 5) is 28.1. The van der Waals surface area contributed by atoms with Crippen LogP contribution in [0.4, 0.5) is 0 Å². The van der Waals surface area contributed by atoms with Gasteiger partial charge in [0.2, 0.25) is 0 Å². The quantitative estimate of drug-likeness (QED) is 0.440. The van der Waals surface area contributed by atoms with Crippen LogP contribution in [0.25, 0.3) is 0 Å². The first kappa shape index (κ1) is 24.7. The van der Waals surface area contributed by atoms with Gasteiger partial charge in [0.1, 0.15) is 0 Å². The third-order valence-corrected chi connectivity index (χ3v) is 8.38. The van der Waals surface area contributed by atoms with Crippen molar-refractivity contribution in [2.45, 2.75) is 94.5 Å². The molecule has 0 spiro atoms. The van der Waals surface area contributed by atoms with E-state index in [2.05, 4.69) is 107 Å². The van der Waals surface area contributed by atoms with Crippen LogP contribution in [0.2, 0.25) is 0 Å². The Morgan fingerprint density at radius 2 is 1.06 bits per heavy atom. The Bertz CT molecular complexity index is 924. The van der Waals surface area contributed by atoms with Gasteiger partial charge in [-0.05, 0) is 32.8 Å². The fourth-order valence-corrected chi connectivity index (χ4v) is 8.91. The number of hydrogen-bond donors (Lipinski definition) is 0. The highest BCUT2D eigenvalue weighted by Gasteiger charge is 2.78. The Balaban J connectivity index is 2.69. The van der Waals surface area contributed by atoms with Crippen molar-refractivity contribution in [2.75, 3.05) is 0 Å².